The summed E-state index contributed by atoms with van der Waals surface area (Å²) in [7, 11) is 0. The van der Waals surface area contributed by atoms with Crippen LogP contribution in [0.25, 0.3) is 0 Å². The van der Waals surface area contributed by atoms with Crippen molar-refractivity contribution in [1.29, 1.82) is 5.41 Å². The lowest BCUT2D eigenvalue weighted by Gasteiger charge is -2.02. The third-order valence-corrected chi connectivity index (χ3v) is 1.38. The molecule has 4 heteroatoms. The van der Waals surface area contributed by atoms with Gasteiger partial charge in [-0.2, -0.15) is 0 Å². The minimum atomic E-state index is -2.93. The summed E-state index contributed by atoms with van der Waals surface area (Å²) in [5.74, 6) is -0.789. The summed E-state index contributed by atoms with van der Waals surface area (Å²) in [4.78, 5) is 0. The summed E-state index contributed by atoms with van der Waals surface area (Å²) in [5.41, 5.74) is -1.32. The first-order valence-corrected chi connectivity index (χ1v) is 3.24. The fourth-order valence-corrected chi connectivity index (χ4v) is 0.797. The standard InChI is InChI=1S/C8H6F3N/c9-6-4-2-1-3-5(6)7(12)8(10)11/h1-4,8,12H. The monoisotopic (exact) mass is 173 g/mol. The molecule has 0 aliphatic heterocycles. The summed E-state index contributed by atoms with van der Waals surface area (Å²) in [6, 6.07) is 5.00. The van der Waals surface area contributed by atoms with Gasteiger partial charge < -0.3 is 0 Å². The Morgan fingerprint density at radius 1 is 1.25 bits per heavy atom. The maximum absolute atomic E-state index is 12.7. The molecule has 0 radical (unpaired) electrons. The van der Waals surface area contributed by atoms with E-state index in [1.165, 1.54) is 12.1 Å². The molecule has 0 heterocycles. The predicted octanol–water partition coefficient (Wildman–Crippen LogP) is 2.46. The molecule has 0 amide bonds. The van der Waals surface area contributed by atoms with E-state index in [1.807, 2.05) is 0 Å². The van der Waals surface area contributed by atoms with E-state index in [0.717, 1.165) is 12.1 Å². The number of hydrogen-bond acceptors (Lipinski definition) is 1. The van der Waals surface area contributed by atoms with Crippen LogP contribution >= 0.6 is 0 Å². The van der Waals surface area contributed by atoms with Crippen molar-refractivity contribution < 1.29 is 13.2 Å². The van der Waals surface area contributed by atoms with E-state index in [4.69, 9.17) is 5.41 Å². The molecule has 0 atom stereocenters. The number of rotatable bonds is 2. The molecule has 1 rings (SSSR count). The molecule has 0 fully saturated rings. The number of benzene rings is 1. The van der Waals surface area contributed by atoms with Gasteiger partial charge in [0.15, 0.2) is 0 Å². The number of halogens is 3. The number of nitrogens with one attached hydrogen (secondary N) is 1. The zero-order valence-electron chi connectivity index (χ0n) is 6.02. The second-order valence-electron chi connectivity index (χ2n) is 2.19. The van der Waals surface area contributed by atoms with Gasteiger partial charge >= 0.3 is 0 Å². The minimum absolute atomic E-state index is 0.340. The van der Waals surface area contributed by atoms with Crippen LogP contribution in [0.5, 0.6) is 0 Å². The first kappa shape index (κ1) is 8.77. The Labute approximate surface area is 67.3 Å². The van der Waals surface area contributed by atoms with Crippen LogP contribution in [0, 0.1) is 11.2 Å². The number of hydrogen-bond donors (Lipinski definition) is 1. The Hall–Kier alpha value is -1.32. The van der Waals surface area contributed by atoms with Crippen molar-refractivity contribution in [2.45, 2.75) is 6.43 Å². The van der Waals surface area contributed by atoms with E-state index in [0.29, 0.717) is 0 Å². The van der Waals surface area contributed by atoms with Crippen LogP contribution in [0.2, 0.25) is 0 Å². The molecular weight excluding hydrogens is 167 g/mol. The Kier molecular flexibility index (Phi) is 2.47. The highest BCUT2D eigenvalue weighted by molar-refractivity contribution is 6.00. The van der Waals surface area contributed by atoms with Gasteiger partial charge in [0, 0.05) is 5.56 Å². The average Bonchev–Trinajstić information content (AvgIpc) is 2.04. The molecule has 0 spiro atoms. The van der Waals surface area contributed by atoms with Crippen LogP contribution in [0.1, 0.15) is 5.56 Å². The second kappa shape index (κ2) is 3.38. The van der Waals surface area contributed by atoms with E-state index < -0.39 is 18.0 Å². The van der Waals surface area contributed by atoms with Crippen LogP contribution < -0.4 is 0 Å². The SMILES string of the molecule is N=C(c1ccccc1F)C(F)F. The van der Waals surface area contributed by atoms with E-state index in [9.17, 15) is 13.2 Å². The molecule has 0 aliphatic rings. The van der Waals surface area contributed by atoms with Gasteiger partial charge in [0.05, 0.1) is 0 Å². The highest BCUT2D eigenvalue weighted by Gasteiger charge is 2.15. The molecule has 0 unspecified atom stereocenters. The summed E-state index contributed by atoms with van der Waals surface area (Å²) in [5, 5.41) is 6.84. The van der Waals surface area contributed by atoms with Crippen molar-refractivity contribution in [2.75, 3.05) is 0 Å². The third kappa shape index (κ3) is 1.64. The van der Waals surface area contributed by atoms with Gasteiger partial charge in [-0.3, -0.25) is 5.41 Å². The third-order valence-electron chi connectivity index (χ3n) is 1.38. The topological polar surface area (TPSA) is 23.9 Å². The maximum Gasteiger partial charge on any atom is 0.280 e. The average molecular weight is 173 g/mol. The quantitative estimate of drug-likeness (QED) is 0.664. The Bertz CT molecular complexity index is 296. The summed E-state index contributed by atoms with van der Waals surface area (Å²) in [6.07, 6.45) is -2.93. The van der Waals surface area contributed by atoms with Crippen molar-refractivity contribution in [3.63, 3.8) is 0 Å². The minimum Gasteiger partial charge on any atom is -0.299 e. The molecule has 1 aromatic rings. The molecule has 64 valence electrons. The molecule has 0 saturated carbocycles. The number of alkyl halides is 2. The van der Waals surface area contributed by atoms with Crippen molar-refractivity contribution >= 4 is 5.71 Å². The molecule has 0 bridgehead atoms. The highest BCUT2D eigenvalue weighted by atomic mass is 19.3. The van der Waals surface area contributed by atoms with Crippen LogP contribution in [0.4, 0.5) is 13.2 Å². The Morgan fingerprint density at radius 2 is 1.83 bits per heavy atom. The smallest absolute Gasteiger partial charge is 0.280 e. The molecule has 1 nitrogen and oxygen atoms in total. The lowest BCUT2D eigenvalue weighted by atomic mass is 10.1. The van der Waals surface area contributed by atoms with Gasteiger partial charge in [0.25, 0.3) is 6.43 Å². The van der Waals surface area contributed by atoms with Crippen LogP contribution in [0.15, 0.2) is 24.3 Å². The lowest BCUT2D eigenvalue weighted by molar-refractivity contribution is 0.225. The van der Waals surface area contributed by atoms with Crippen molar-refractivity contribution in [3.8, 4) is 0 Å². The van der Waals surface area contributed by atoms with Gasteiger partial charge in [0.1, 0.15) is 11.5 Å². The predicted molar refractivity (Wildman–Crippen MR) is 39.2 cm³/mol. The highest BCUT2D eigenvalue weighted by Crippen LogP contribution is 2.11. The van der Waals surface area contributed by atoms with Gasteiger partial charge in [-0.1, -0.05) is 18.2 Å². The van der Waals surface area contributed by atoms with Crippen LogP contribution in [-0.2, 0) is 0 Å². The van der Waals surface area contributed by atoms with Crippen molar-refractivity contribution in [3.05, 3.63) is 35.6 Å². The van der Waals surface area contributed by atoms with E-state index in [2.05, 4.69) is 0 Å². The van der Waals surface area contributed by atoms with Gasteiger partial charge in [0.2, 0.25) is 0 Å². The van der Waals surface area contributed by atoms with Crippen LogP contribution in [-0.4, -0.2) is 12.1 Å². The maximum atomic E-state index is 12.7. The Balaban J connectivity index is 3.03. The lowest BCUT2D eigenvalue weighted by Crippen LogP contribution is -2.11. The second-order valence-corrected chi connectivity index (χ2v) is 2.19. The van der Waals surface area contributed by atoms with Crippen molar-refractivity contribution in [2.24, 2.45) is 0 Å². The zero-order chi connectivity index (χ0) is 9.14. The first-order chi connectivity index (χ1) is 5.63. The van der Waals surface area contributed by atoms with Gasteiger partial charge in [-0.05, 0) is 6.07 Å². The molecular formula is C8H6F3N. The Morgan fingerprint density at radius 3 is 2.33 bits per heavy atom. The molecule has 1 N–H and O–H groups in total. The largest absolute Gasteiger partial charge is 0.299 e. The van der Waals surface area contributed by atoms with Gasteiger partial charge in [-0.15, -0.1) is 0 Å². The molecule has 0 aromatic heterocycles. The van der Waals surface area contributed by atoms with Gasteiger partial charge in [-0.25, -0.2) is 13.2 Å². The van der Waals surface area contributed by atoms with E-state index >= 15 is 0 Å². The fraction of sp³-hybridized carbons (Fsp3) is 0.125. The van der Waals surface area contributed by atoms with Crippen LogP contribution in [0.3, 0.4) is 0 Å². The zero-order valence-corrected chi connectivity index (χ0v) is 6.02. The fourth-order valence-electron chi connectivity index (χ4n) is 0.797. The first-order valence-electron chi connectivity index (χ1n) is 3.24. The summed E-state index contributed by atoms with van der Waals surface area (Å²) < 4.78 is 36.5. The molecule has 1 aromatic carbocycles. The summed E-state index contributed by atoms with van der Waals surface area (Å²) in [6.45, 7) is 0. The molecule has 0 saturated heterocycles. The summed E-state index contributed by atoms with van der Waals surface area (Å²) >= 11 is 0. The normalized spacial score (nSPS) is 10.3. The van der Waals surface area contributed by atoms with E-state index in [1.54, 1.807) is 0 Å². The van der Waals surface area contributed by atoms with Crippen molar-refractivity contribution in [1.82, 2.24) is 0 Å². The molecule has 0 aliphatic carbocycles. The van der Waals surface area contributed by atoms with E-state index in [-0.39, 0.29) is 5.56 Å². The molecule has 12 heavy (non-hydrogen) atoms.